The van der Waals surface area contributed by atoms with Crippen LogP contribution in [-0.4, -0.2) is 101 Å². The standard InChI is InChI=1S/C18H30O12/c1-4-13(23)29-16-15(25)12(8-26-9(3)20)28-18(17(16)30-14(24)5-2)27-7-11(22)10(21)6-19/h10-12,15-19,21-22,25H,4-8H2,1-3H3/t10-,11+,12+,15+,16-,17-,18+/m0/s1. The molecule has 30 heavy (non-hydrogen) atoms. The Morgan fingerprint density at radius 3 is 2.07 bits per heavy atom. The molecule has 0 unspecified atom stereocenters. The number of esters is 3. The number of carbonyl (C=O) groups excluding carboxylic acids is 3. The molecule has 12 heteroatoms. The Hall–Kier alpha value is -1.83. The van der Waals surface area contributed by atoms with Gasteiger partial charge < -0.3 is 44.1 Å². The molecule has 4 N–H and O–H groups in total. The van der Waals surface area contributed by atoms with E-state index in [4.69, 9.17) is 28.8 Å². The van der Waals surface area contributed by atoms with E-state index in [1.165, 1.54) is 13.8 Å². The molecule has 174 valence electrons. The molecule has 0 radical (unpaired) electrons. The summed E-state index contributed by atoms with van der Waals surface area (Å²) in [7, 11) is 0. The van der Waals surface area contributed by atoms with Crippen molar-refractivity contribution in [3.8, 4) is 0 Å². The first-order valence-corrected chi connectivity index (χ1v) is 9.58. The van der Waals surface area contributed by atoms with Crippen molar-refractivity contribution in [3.63, 3.8) is 0 Å². The largest absolute Gasteiger partial charge is 0.463 e. The van der Waals surface area contributed by atoms with E-state index in [9.17, 15) is 29.7 Å². The molecule has 0 spiro atoms. The molecule has 0 amide bonds. The van der Waals surface area contributed by atoms with Crippen molar-refractivity contribution in [2.24, 2.45) is 0 Å². The zero-order valence-corrected chi connectivity index (χ0v) is 17.1. The fourth-order valence-corrected chi connectivity index (χ4v) is 2.52. The Balaban J connectivity index is 3.11. The number of carbonyl (C=O) groups is 3. The summed E-state index contributed by atoms with van der Waals surface area (Å²) in [4.78, 5) is 34.9. The van der Waals surface area contributed by atoms with Crippen LogP contribution in [0.15, 0.2) is 0 Å². The van der Waals surface area contributed by atoms with Gasteiger partial charge in [0.05, 0.1) is 13.2 Å². The maximum absolute atomic E-state index is 11.9. The van der Waals surface area contributed by atoms with E-state index < -0.39 is 80.6 Å². The second-order valence-electron chi connectivity index (χ2n) is 6.60. The van der Waals surface area contributed by atoms with E-state index in [-0.39, 0.29) is 12.8 Å². The lowest BCUT2D eigenvalue weighted by Crippen LogP contribution is -2.62. The van der Waals surface area contributed by atoms with Crippen LogP contribution < -0.4 is 0 Å². The predicted octanol–water partition coefficient (Wildman–Crippen LogP) is -1.99. The van der Waals surface area contributed by atoms with Crippen LogP contribution in [0.25, 0.3) is 0 Å². The highest BCUT2D eigenvalue weighted by atomic mass is 16.7. The minimum Gasteiger partial charge on any atom is -0.463 e. The molecular weight excluding hydrogens is 408 g/mol. The Labute approximate surface area is 173 Å². The van der Waals surface area contributed by atoms with E-state index in [0.29, 0.717) is 0 Å². The first kappa shape index (κ1) is 26.2. The predicted molar refractivity (Wildman–Crippen MR) is 96.7 cm³/mol. The summed E-state index contributed by atoms with van der Waals surface area (Å²) >= 11 is 0. The van der Waals surface area contributed by atoms with E-state index in [1.807, 2.05) is 0 Å². The van der Waals surface area contributed by atoms with E-state index in [2.05, 4.69) is 0 Å². The van der Waals surface area contributed by atoms with Gasteiger partial charge in [-0.3, -0.25) is 14.4 Å². The van der Waals surface area contributed by atoms with Gasteiger partial charge in [0.1, 0.15) is 31.0 Å². The van der Waals surface area contributed by atoms with Crippen molar-refractivity contribution in [1.82, 2.24) is 0 Å². The average molecular weight is 438 g/mol. The second kappa shape index (κ2) is 12.8. The molecule has 0 aliphatic carbocycles. The van der Waals surface area contributed by atoms with Gasteiger partial charge >= 0.3 is 17.9 Å². The van der Waals surface area contributed by atoms with Crippen molar-refractivity contribution >= 4 is 17.9 Å². The molecule has 0 aromatic rings. The van der Waals surface area contributed by atoms with Gasteiger partial charge in [-0.25, -0.2) is 0 Å². The zero-order chi connectivity index (χ0) is 22.8. The Bertz CT molecular complexity index is 567. The molecule has 7 atom stereocenters. The molecule has 1 heterocycles. The monoisotopic (exact) mass is 438 g/mol. The summed E-state index contributed by atoms with van der Waals surface area (Å²) in [6.45, 7) is 2.52. The summed E-state index contributed by atoms with van der Waals surface area (Å²) in [6.07, 6.45) is -10.1. The third kappa shape index (κ3) is 7.78. The third-order valence-electron chi connectivity index (χ3n) is 4.24. The van der Waals surface area contributed by atoms with E-state index in [0.717, 1.165) is 6.92 Å². The zero-order valence-electron chi connectivity index (χ0n) is 17.1. The number of aliphatic hydroxyl groups excluding tert-OH is 4. The second-order valence-corrected chi connectivity index (χ2v) is 6.60. The molecule has 1 aliphatic heterocycles. The molecule has 0 aromatic heterocycles. The Morgan fingerprint density at radius 1 is 1.00 bits per heavy atom. The van der Waals surface area contributed by atoms with Crippen molar-refractivity contribution in [3.05, 3.63) is 0 Å². The molecule has 0 bridgehead atoms. The highest BCUT2D eigenvalue weighted by Crippen LogP contribution is 2.28. The number of hydrogen-bond acceptors (Lipinski definition) is 12. The lowest BCUT2D eigenvalue weighted by molar-refractivity contribution is -0.311. The molecule has 0 saturated carbocycles. The SMILES string of the molecule is CCC(=O)O[C@@H]1[C@H](OC[C@@H](O)[C@@H](O)CO)O[C@H](COC(C)=O)[C@@H](O)[C@@H]1OC(=O)CC. The van der Waals surface area contributed by atoms with Gasteiger partial charge in [-0.05, 0) is 0 Å². The van der Waals surface area contributed by atoms with Crippen LogP contribution in [0, 0.1) is 0 Å². The fourth-order valence-electron chi connectivity index (χ4n) is 2.52. The third-order valence-corrected chi connectivity index (χ3v) is 4.24. The lowest BCUT2D eigenvalue weighted by Gasteiger charge is -2.43. The van der Waals surface area contributed by atoms with Crippen LogP contribution in [0.4, 0.5) is 0 Å². The van der Waals surface area contributed by atoms with Crippen LogP contribution >= 0.6 is 0 Å². The highest BCUT2D eigenvalue weighted by Gasteiger charge is 2.50. The fraction of sp³-hybridized carbons (Fsp3) is 0.833. The molecule has 1 fully saturated rings. The van der Waals surface area contributed by atoms with Crippen molar-refractivity contribution in [1.29, 1.82) is 0 Å². The van der Waals surface area contributed by atoms with Gasteiger partial charge in [0, 0.05) is 19.8 Å². The summed E-state index contributed by atoms with van der Waals surface area (Å²) < 4.78 is 26.3. The number of aliphatic hydroxyl groups is 4. The van der Waals surface area contributed by atoms with Crippen LogP contribution in [-0.2, 0) is 38.1 Å². The normalized spacial score (nSPS) is 28.3. The smallest absolute Gasteiger partial charge is 0.306 e. The minimum absolute atomic E-state index is 0.0277. The highest BCUT2D eigenvalue weighted by molar-refractivity contribution is 5.70. The number of hydrogen-bond donors (Lipinski definition) is 4. The summed E-state index contributed by atoms with van der Waals surface area (Å²) in [6, 6.07) is 0. The van der Waals surface area contributed by atoms with Gasteiger partial charge in [0.25, 0.3) is 0 Å². The summed E-state index contributed by atoms with van der Waals surface area (Å²) in [5.41, 5.74) is 0. The van der Waals surface area contributed by atoms with Crippen LogP contribution in [0.1, 0.15) is 33.6 Å². The Morgan fingerprint density at radius 2 is 1.57 bits per heavy atom. The van der Waals surface area contributed by atoms with Gasteiger partial charge in [0.15, 0.2) is 18.5 Å². The van der Waals surface area contributed by atoms with Crippen molar-refractivity contribution in [2.75, 3.05) is 19.8 Å². The maximum atomic E-state index is 11.9. The van der Waals surface area contributed by atoms with Crippen LogP contribution in [0.2, 0.25) is 0 Å². The molecule has 1 aliphatic rings. The number of ether oxygens (including phenoxy) is 5. The lowest BCUT2D eigenvalue weighted by atomic mass is 9.98. The van der Waals surface area contributed by atoms with Crippen LogP contribution in [0.3, 0.4) is 0 Å². The van der Waals surface area contributed by atoms with E-state index >= 15 is 0 Å². The van der Waals surface area contributed by atoms with E-state index in [1.54, 1.807) is 0 Å². The molecule has 12 nitrogen and oxygen atoms in total. The van der Waals surface area contributed by atoms with Gasteiger partial charge in [-0.15, -0.1) is 0 Å². The molecule has 1 saturated heterocycles. The first-order valence-electron chi connectivity index (χ1n) is 9.58. The molecular formula is C18H30O12. The first-order chi connectivity index (χ1) is 14.1. The molecule has 1 rings (SSSR count). The summed E-state index contributed by atoms with van der Waals surface area (Å²) in [5.74, 6) is -2.04. The number of rotatable bonds is 11. The molecule has 0 aromatic carbocycles. The maximum Gasteiger partial charge on any atom is 0.306 e. The quantitative estimate of drug-likeness (QED) is 0.206. The minimum atomic E-state index is -1.53. The summed E-state index contributed by atoms with van der Waals surface area (Å²) in [5, 5.41) is 38.8. The van der Waals surface area contributed by atoms with Gasteiger partial charge in [-0.1, -0.05) is 13.8 Å². The van der Waals surface area contributed by atoms with Crippen molar-refractivity contribution < 1.29 is 58.5 Å². The average Bonchev–Trinajstić information content (AvgIpc) is 2.73. The van der Waals surface area contributed by atoms with Crippen LogP contribution in [0.5, 0.6) is 0 Å². The van der Waals surface area contributed by atoms with Gasteiger partial charge in [-0.2, -0.15) is 0 Å². The Kier molecular flexibility index (Phi) is 11.2. The van der Waals surface area contributed by atoms with Crippen molar-refractivity contribution in [2.45, 2.75) is 76.5 Å². The topological polar surface area (TPSA) is 178 Å². The van der Waals surface area contributed by atoms with Gasteiger partial charge in [0.2, 0.25) is 0 Å².